The minimum absolute atomic E-state index is 0.600. The van der Waals surface area contributed by atoms with Crippen LogP contribution in [0.1, 0.15) is 50.1 Å². The number of hydrogen-bond donors (Lipinski definition) is 1. The molecule has 2 aliphatic carbocycles. The molecule has 0 saturated heterocycles. The van der Waals surface area contributed by atoms with Gasteiger partial charge in [0.05, 0.1) is 5.69 Å². The van der Waals surface area contributed by atoms with Crippen molar-refractivity contribution in [3.63, 3.8) is 0 Å². The van der Waals surface area contributed by atoms with Gasteiger partial charge in [0.15, 0.2) is 5.82 Å². The second kappa shape index (κ2) is 3.97. The minimum Gasteiger partial charge on any atom is -0.366 e. The standard InChI is InChI=1S/C14H18N4/c1-2-4-11(3-1)16-14-13-9-12(10-5-6-10)17-18(13)8-7-15-14/h7-11H,1-6H2,(H,15,16). The lowest BCUT2D eigenvalue weighted by Crippen LogP contribution is -2.16. The van der Waals surface area contributed by atoms with Crippen LogP contribution >= 0.6 is 0 Å². The van der Waals surface area contributed by atoms with E-state index >= 15 is 0 Å². The number of anilines is 1. The molecular formula is C14H18N4. The van der Waals surface area contributed by atoms with Gasteiger partial charge in [0.1, 0.15) is 5.52 Å². The summed E-state index contributed by atoms with van der Waals surface area (Å²) in [6.45, 7) is 0. The highest BCUT2D eigenvalue weighted by Crippen LogP contribution is 2.40. The molecule has 0 unspecified atom stereocenters. The van der Waals surface area contributed by atoms with Crippen molar-refractivity contribution in [3.8, 4) is 0 Å². The normalized spacial score (nSPS) is 20.7. The average Bonchev–Trinajstić information content (AvgIpc) is 2.93. The molecule has 2 aromatic rings. The van der Waals surface area contributed by atoms with Crippen LogP contribution < -0.4 is 5.32 Å². The van der Waals surface area contributed by atoms with Gasteiger partial charge in [0.25, 0.3) is 0 Å². The maximum atomic E-state index is 4.65. The van der Waals surface area contributed by atoms with E-state index < -0.39 is 0 Å². The second-order valence-corrected chi connectivity index (χ2v) is 5.57. The SMILES string of the molecule is c1cn2nc(C3CC3)cc2c(NC2CCCC2)n1. The maximum absolute atomic E-state index is 4.65. The van der Waals surface area contributed by atoms with Crippen molar-refractivity contribution in [1.29, 1.82) is 0 Å². The van der Waals surface area contributed by atoms with E-state index in [0.717, 1.165) is 11.3 Å². The Kier molecular flexibility index (Phi) is 2.28. The highest BCUT2D eigenvalue weighted by Gasteiger charge is 2.27. The van der Waals surface area contributed by atoms with Gasteiger partial charge in [-0.2, -0.15) is 5.10 Å². The van der Waals surface area contributed by atoms with Gasteiger partial charge in [-0.05, 0) is 31.7 Å². The molecule has 1 N–H and O–H groups in total. The molecule has 2 saturated carbocycles. The number of rotatable bonds is 3. The lowest BCUT2D eigenvalue weighted by atomic mass is 10.2. The third-order valence-corrected chi connectivity index (χ3v) is 4.10. The molecule has 4 heteroatoms. The summed E-state index contributed by atoms with van der Waals surface area (Å²) >= 11 is 0. The molecule has 0 atom stereocenters. The third kappa shape index (κ3) is 1.76. The minimum atomic E-state index is 0.600. The van der Waals surface area contributed by atoms with E-state index in [2.05, 4.69) is 21.5 Å². The van der Waals surface area contributed by atoms with Crippen LogP contribution in [0, 0.1) is 0 Å². The lowest BCUT2D eigenvalue weighted by Gasteiger charge is -2.12. The van der Waals surface area contributed by atoms with Crippen molar-refractivity contribution in [2.24, 2.45) is 0 Å². The van der Waals surface area contributed by atoms with Crippen LogP contribution in [-0.2, 0) is 0 Å². The van der Waals surface area contributed by atoms with Crippen LogP contribution in [0.15, 0.2) is 18.5 Å². The fourth-order valence-corrected chi connectivity index (χ4v) is 2.89. The first-order chi connectivity index (χ1) is 8.90. The Morgan fingerprint density at radius 1 is 1.17 bits per heavy atom. The summed E-state index contributed by atoms with van der Waals surface area (Å²) in [4.78, 5) is 4.49. The zero-order valence-corrected chi connectivity index (χ0v) is 10.5. The van der Waals surface area contributed by atoms with Crippen LogP contribution in [0.4, 0.5) is 5.82 Å². The summed E-state index contributed by atoms with van der Waals surface area (Å²) in [5.41, 5.74) is 2.36. The Balaban J connectivity index is 1.69. The van der Waals surface area contributed by atoms with Crippen molar-refractivity contribution >= 4 is 11.3 Å². The quantitative estimate of drug-likeness (QED) is 0.899. The number of nitrogens with one attached hydrogen (secondary N) is 1. The Labute approximate surface area is 106 Å². The molecular weight excluding hydrogens is 224 g/mol. The second-order valence-electron chi connectivity index (χ2n) is 5.57. The topological polar surface area (TPSA) is 42.2 Å². The van der Waals surface area contributed by atoms with Gasteiger partial charge in [-0.15, -0.1) is 0 Å². The van der Waals surface area contributed by atoms with Crippen LogP contribution in [0.25, 0.3) is 5.52 Å². The summed E-state index contributed by atoms with van der Waals surface area (Å²) in [6.07, 6.45) is 11.6. The van der Waals surface area contributed by atoms with E-state index in [1.165, 1.54) is 44.2 Å². The van der Waals surface area contributed by atoms with Crippen molar-refractivity contribution < 1.29 is 0 Å². The van der Waals surface area contributed by atoms with Gasteiger partial charge in [-0.3, -0.25) is 0 Å². The smallest absolute Gasteiger partial charge is 0.152 e. The highest BCUT2D eigenvalue weighted by molar-refractivity contribution is 5.68. The summed E-state index contributed by atoms with van der Waals surface area (Å²) in [7, 11) is 0. The largest absolute Gasteiger partial charge is 0.366 e. The van der Waals surface area contributed by atoms with E-state index in [1.54, 1.807) is 0 Å². The van der Waals surface area contributed by atoms with Crippen molar-refractivity contribution in [1.82, 2.24) is 14.6 Å². The van der Waals surface area contributed by atoms with E-state index in [9.17, 15) is 0 Å². The van der Waals surface area contributed by atoms with Crippen LogP contribution in [0.5, 0.6) is 0 Å². The summed E-state index contributed by atoms with van der Waals surface area (Å²) in [5.74, 6) is 1.70. The molecule has 4 rings (SSSR count). The average molecular weight is 242 g/mol. The van der Waals surface area contributed by atoms with Gasteiger partial charge in [0.2, 0.25) is 0 Å². The first kappa shape index (κ1) is 10.4. The fraction of sp³-hybridized carbons (Fsp3) is 0.571. The monoisotopic (exact) mass is 242 g/mol. The molecule has 0 aromatic carbocycles. The summed E-state index contributed by atoms with van der Waals surface area (Å²) < 4.78 is 1.97. The third-order valence-electron chi connectivity index (χ3n) is 4.10. The van der Waals surface area contributed by atoms with Crippen molar-refractivity contribution in [2.45, 2.75) is 50.5 Å². The van der Waals surface area contributed by atoms with Crippen LogP contribution in [-0.4, -0.2) is 20.6 Å². The van der Waals surface area contributed by atoms with Gasteiger partial charge in [0, 0.05) is 24.4 Å². The first-order valence-electron chi connectivity index (χ1n) is 7.01. The molecule has 0 aliphatic heterocycles. The Hall–Kier alpha value is -1.58. The summed E-state index contributed by atoms with van der Waals surface area (Å²) in [6, 6.07) is 2.81. The number of fused-ring (bicyclic) bond motifs is 1. The molecule has 0 radical (unpaired) electrons. The zero-order chi connectivity index (χ0) is 11.9. The molecule has 0 spiro atoms. The van der Waals surface area contributed by atoms with Crippen LogP contribution in [0.3, 0.4) is 0 Å². The van der Waals surface area contributed by atoms with Gasteiger partial charge >= 0.3 is 0 Å². The van der Waals surface area contributed by atoms with E-state index in [0.29, 0.717) is 12.0 Å². The van der Waals surface area contributed by atoms with Gasteiger partial charge in [-0.1, -0.05) is 12.8 Å². The molecule has 0 bridgehead atoms. The number of hydrogen-bond acceptors (Lipinski definition) is 3. The highest BCUT2D eigenvalue weighted by atomic mass is 15.2. The molecule has 18 heavy (non-hydrogen) atoms. The van der Waals surface area contributed by atoms with Gasteiger partial charge < -0.3 is 5.32 Å². The van der Waals surface area contributed by atoms with Crippen molar-refractivity contribution in [3.05, 3.63) is 24.2 Å². The molecule has 2 aromatic heterocycles. The predicted octanol–water partition coefficient (Wildman–Crippen LogP) is 2.96. The zero-order valence-electron chi connectivity index (χ0n) is 10.5. The molecule has 2 aliphatic rings. The summed E-state index contributed by atoms with van der Waals surface area (Å²) in [5, 5.41) is 8.23. The first-order valence-corrected chi connectivity index (χ1v) is 7.01. The molecule has 2 fully saturated rings. The van der Waals surface area contributed by atoms with E-state index in [-0.39, 0.29) is 0 Å². The lowest BCUT2D eigenvalue weighted by molar-refractivity contribution is 0.749. The Morgan fingerprint density at radius 2 is 2.00 bits per heavy atom. The van der Waals surface area contributed by atoms with Gasteiger partial charge in [-0.25, -0.2) is 9.50 Å². The fourth-order valence-electron chi connectivity index (χ4n) is 2.89. The van der Waals surface area contributed by atoms with Crippen LogP contribution in [0.2, 0.25) is 0 Å². The Morgan fingerprint density at radius 3 is 2.78 bits per heavy atom. The number of nitrogens with zero attached hydrogens (tertiary/aromatic N) is 3. The molecule has 0 amide bonds. The van der Waals surface area contributed by atoms with E-state index in [4.69, 9.17) is 0 Å². The van der Waals surface area contributed by atoms with E-state index in [1.807, 2.05) is 16.9 Å². The maximum Gasteiger partial charge on any atom is 0.152 e. The number of aromatic nitrogens is 3. The van der Waals surface area contributed by atoms with Crippen molar-refractivity contribution in [2.75, 3.05) is 5.32 Å². The Bertz CT molecular complexity index is 564. The predicted molar refractivity (Wildman–Crippen MR) is 70.8 cm³/mol. The molecule has 2 heterocycles. The molecule has 4 nitrogen and oxygen atoms in total. The molecule has 94 valence electrons.